The minimum atomic E-state index is -0.827. The van der Waals surface area contributed by atoms with Gasteiger partial charge in [-0.05, 0) is 36.2 Å². The molecule has 0 aromatic heterocycles. The van der Waals surface area contributed by atoms with E-state index in [2.05, 4.69) is 5.32 Å². The number of benzene rings is 2. The second kappa shape index (κ2) is 9.35. The Balaban J connectivity index is 1.84. The third kappa shape index (κ3) is 4.74. The van der Waals surface area contributed by atoms with Crippen LogP contribution in [-0.4, -0.2) is 34.6 Å². The SMILES string of the molecule is CCCC(=O)N(Cc1ccccc1)C1CC(=O)N(c2ccc(NC(C)=O)cc2)C1=O. The number of carbonyl (C=O) groups is 4. The summed E-state index contributed by atoms with van der Waals surface area (Å²) in [5, 5.41) is 2.65. The van der Waals surface area contributed by atoms with E-state index in [4.69, 9.17) is 0 Å². The maximum atomic E-state index is 13.2. The zero-order chi connectivity index (χ0) is 21.7. The van der Waals surface area contributed by atoms with Gasteiger partial charge in [0.25, 0.3) is 5.91 Å². The molecule has 0 aliphatic carbocycles. The van der Waals surface area contributed by atoms with E-state index in [1.807, 2.05) is 37.3 Å². The molecule has 1 N–H and O–H groups in total. The number of hydrogen-bond donors (Lipinski definition) is 1. The molecule has 1 aliphatic rings. The number of rotatable bonds is 7. The van der Waals surface area contributed by atoms with E-state index in [-0.39, 0.29) is 30.7 Å². The van der Waals surface area contributed by atoms with Gasteiger partial charge in [-0.2, -0.15) is 0 Å². The van der Waals surface area contributed by atoms with Crippen LogP contribution in [0.5, 0.6) is 0 Å². The van der Waals surface area contributed by atoms with Crippen molar-refractivity contribution < 1.29 is 19.2 Å². The van der Waals surface area contributed by atoms with Gasteiger partial charge >= 0.3 is 0 Å². The fraction of sp³-hybridized carbons (Fsp3) is 0.304. The van der Waals surface area contributed by atoms with Gasteiger partial charge in [0.1, 0.15) is 6.04 Å². The Kier molecular flexibility index (Phi) is 6.61. The van der Waals surface area contributed by atoms with Gasteiger partial charge in [0.05, 0.1) is 12.1 Å². The summed E-state index contributed by atoms with van der Waals surface area (Å²) in [7, 11) is 0. The molecule has 0 bridgehead atoms. The lowest BCUT2D eigenvalue weighted by atomic mass is 10.1. The Bertz CT molecular complexity index is 941. The van der Waals surface area contributed by atoms with Crippen LogP contribution in [0.25, 0.3) is 0 Å². The van der Waals surface area contributed by atoms with Crippen LogP contribution in [0.3, 0.4) is 0 Å². The average molecular weight is 407 g/mol. The van der Waals surface area contributed by atoms with Crippen molar-refractivity contribution in [2.75, 3.05) is 10.2 Å². The Morgan fingerprint density at radius 2 is 1.73 bits per heavy atom. The monoisotopic (exact) mass is 407 g/mol. The smallest absolute Gasteiger partial charge is 0.257 e. The second-order valence-corrected chi connectivity index (χ2v) is 7.27. The number of hydrogen-bond acceptors (Lipinski definition) is 4. The van der Waals surface area contributed by atoms with Crippen LogP contribution in [0.4, 0.5) is 11.4 Å². The van der Waals surface area contributed by atoms with Gasteiger partial charge in [-0.15, -0.1) is 0 Å². The first-order valence-electron chi connectivity index (χ1n) is 9.98. The number of nitrogens with zero attached hydrogens (tertiary/aromatic N) is 2. The summed E-state index contributed by atoms with van der Waals surface area (Å²) in [5.41, 5.74) is 1.90. The summed E-state index contributed by atoms with van der Waals surface area (Å²) >= 11 is 0. The highest BCUT2D eigenvalue weighted by Gasteiger charge is 2.44. The lowest BCUT2D eigenvalue weighted by Crippen LogP contribution is -2.45. The number of anilines is 2. The van der Waals surface area contributed by atoms with E-state index in [1.165, 1.54) is 11.8 Å². The predicted octanol–water partition coefficient (Wildman–Crippen LogP) is 3.11. The highest BCUT2D eigenvalue weighted by molar-refractivity contribution is 6.23. The molecule has 1 atom stereocenters. The maximum Gasteiger partial charge on any atom is 0.257 e. The van der Waals surface area contributed by atoms with Crippen LogP contribution < -0.4 is 10.2 Å². The number of carbonyl (C=O) groups excluding carboxylic acids is 4. The van der Waals surface area contributed by atoms with Crippen molar-refractivity contribution >= 4 is 35.0 Å². The number of nitrogens with one attached hydrogen (secondary N) is 1. The Morgan fingerprint density at radius 1 is 1.07 bits per heavy atom. The average Bonchev–Trinajstić information content (AvgIpc) is 3.01. The van der Waals surface area contributed by atoms with Crippen LogP contribution in [0.2, 0.25) is 0 Å². The third-order valence-corrected chi connectivity index (χ3v) is 4.92. The Labute approximate surface area is 175 Å². The molecule has 1 aliphatic heterocycles. The molecule has 0 spiro atoms. The summed E-state index contributed by atoms with van der Waals surface area (Å²) in [6.07, 6.45) is 0.929. The largest absolute Gasteiger partial charge is 0.326 e. The van der Waals surface area contributed by atoms with Crippen LogP contribution in [-0.2, 0) is 25.7 Å². The first-order valence-corrected chi connectivity index (χ1v) is 9.98. The van der Waals surface area contributed by atoms with E-state index < -0.39 is 11.9 Å². The lowest BCUT2D eigenvalue weighted by molar-refractivity contribution is -0.139. The van der Waals surface area contributed by atoms with Crippen molar-refractivity contribution in [1.82, 2.24) is 4.90 Å². The molecule has 2 aromatic rings. The first kappa shape index (κ1) is 21.2. The Hall–Kier alpha value is -3.48. The normalized spacial score (nSPS) is 15.9. The predicted molar refractivity (Wildman–Crippen MR) is 114 cm³/mol. The summed E-state index contributed by atoms with van der Waals surface area (Å²) in [6, 6.07) is 15.1. The molecule has 2 aromatic carbocycles. The molecular weight excluding hydrogens is 382 g/mol. The maximum absolute atomic E-state index is 13.2. The fourth-order valence-electron chi connectivity index (χ4n) is 3.54. The molecule has 156 valence electrons. The molecule has 1 unspecified atom stereocenters. The minimum absolute atomic E-state index is 0.0471. The summed E-state index contributed by atoms with van der Waals surface area (Å²) in [4.78, 5) is 52.5. The summed E-state index contributed by atoms with van der Waals surface area (Å²) in [6.45, 7) is 3.59. The summed E-state index contributed by atoms with van der Waals surface area (Å²) < 4.78 is 0. The molecule has 30 heavy (non-hydrogen) atoms. The van der Waals surface area contributed by atoms with Gasteiger partial charge in [0, 0.05) is 25.6 Å². The molecule has 1 fully saturated rings. The van der Waals surface area contributed by atoms with Crippen molar-refractivity contribution in [3.8, 4) is 0 Å². The molecule has 7 nitrogen and oxygen atoms in total. The standard InChI is InChI=1S/C23H25N3O4/c1-3-7-21(28)25(15-17-8-5-4-6-9-17)20-14-22(29)26(23(20)30)19-12-10-18(11-13-19)24-16(2)27/h4-6,8-13,20H,3,7,14-15H2,1-2H3,(H,24,27). The van der Waals surface area contributed by atoms with E-state index in [1.54, 1.807) is 24.3 Å². The lowest BCUT2D eigenvalue weighted by Gasteiger charge is -2.28. The zero-order valence-electron chi connectivity index (χ0n) is 17.1. The van der Waals surface area contributed by atoms with Crippen molar-refractivity contribution in [2.45, 2.75) is 45.7 Å². The van der Waals surface area contributed by atoms with Gasteiger partial charge in [0.15, 0.2) is 0 Å². The van der Waals surface area contributed by atoms with Crippen molar-refractivity contribution in [3.05, 3.63) is 60.2 Å². The van der Waals surface area contributed by atoms with Crippen molar-refractivity contribution in [3.63, 3.8) is 0 Å². The third-order valence-electron chi connectivity index (χ3n) is 4.92. The number of imide groups is 1. The van der Waals surface area contributed by atoms with Gasteiger partial charge in [0.2, 0.25) is 17.7 Å². The molecule has 0 radical (unpaired) electrons. The topological polar surface area (TPSA) is 86.8 Å². The van der Waals surface area contributed by atoms with Crippen molar-refractivity contribution in [1.29, 1.82) is 0 Å². The molecular formula is C23H25N3O4. The molecule has 1 heterocycles. The van der Waals surface area contributed by atoms with E-state index in [9.17, 15) is 19.2 Å². The minimum Gasteiger partial charge on any atom is -0.326 e. The van der Waals surface area contributed by atoms with E-state index >= 15 is 0 Å². The molecule has 3 rings (SSSR count). The first-order chi connectivity index (χ1) is 14.4. The van der Waals surface area contributed by atoms with Crippen LogP contribution in [0.15, 0.2) is 54.6 Å². The van der Waals surface area contributed by atoms with Crippen LogP contribution in [0.1, 0.15) is 38.7 Å². The molecule has 0 saturated carbocycles. The Morgan fingerprint density at radius 3 is 2.33 bits per heavy atom. The van der Waals surface area contributed by atoms with Gasteiger partial charge in [-0.3, -0.25) is 19.2 Å². The van der Waals surface area contributed by atoms with E-state index in [0.717, 1.165) is 10.5 Å². The number of amides is 4. The second-order valence-electron chi connectivity index (χ2n) is 7.27. The fourth-order valence-corrected chi connectivity index (χ4v) is 3.54. The summed E-state index contributed by atoms with van der Waals surface area (Å²) in [5.74, 6) is -1.11. The van der Waals surface area contributed by atoms with E-state index in [0.29, 0.717) is 24.2 Å². The quantitative estimate of drug-likeness (QED) is 0.715. The van der Waals surface area contributed by atoms with Gasteiger partial charge in [-0.1, -0.05) is 37.3 Å². The van der Waals surface area contributed by atoms with Crippen molar-refractivity contribution in [2.24, 2.45) is 0 Å². The highest BCUT2D eigenvalue weighted by Crippen LogP contribution is 2.28. The van der Waals surface area contributed by atoms with Gasteiger partial charge in [-0.25, -0.2) is 4.90 Å². The highest BCUT2D eigenvalue weighted by atomic mass is 16.2. The van der Waals surface area contributed by atoms with Crippen LogP contribution in [0, 0.1) is 0 Å². The van der Waals surface area contributed by atoms with Gasteiger partial charge < -0.3 is 10.2 Å². The zero-order valence-corrected chi connectivity index (χ0v) is 17.1. The molecule has 4 amide bonds. The molecule has 1 saturated heterocycles. The van der Waals surface area contributed by atoms with Crippen LogP contribution >= 0.6 is 0 Å². The molecule has 7 heteroatoms.